The number of benzene rings is 1. The summed E-state index contributed by atoms with van der Waals surface area (Å²) >= 11 is 1.97. The van der Waals surface area contributed by atoms with E-state index in [1.807, 2.05) is 34.9 Å². The maximum atomic E-state index is 12.5. The number of nitrogens with two attached hydrogens (primary N) is 1. The van der Waals surface area contributed by atoms with E-state index in [0.29, 0.717) is 16.5 Å². The van der Waals surface area contributed by atoms with Crippen molar-refractivity contribution in [1.29, 1.82) is 0 Å². The van der Waals surface area contributed by atoms with Crippen molar-refractivity contribution in [1.82, 2.24) is 4.90 Å². The zero-order valence-electron chi connectivity index (χ0n) is 11.9. The van der Waals surface area contributed by atoms with E-state index < -0.39 is 0 Å². The first kappa shape index (κ1) is 17.2. The number of rotatable bonds is 3. The fourth-order valence-electron chi connectivity index (χ4n) is 2.51. The molecule has 1 aliphatic rings. The summed E-state index contributed by atoms with van der Waals surface area (Å²) in [4.78, 5) is 14.5. The number of nitrogens with zero attached hydrogens (tertiary/aromatic N) is 1. The monoisotopic (exact) mass is 314 g/mol. The molecule has 20 heavy (non-hydrogen) atoms. The molecule has 1 heterocycles. The average Bonchev–Trinajstić information content (AvgIpc) is 2.64. The van der Waals surface area contributed by atoms with E-state index in [1.165, 1.54) is 12.8 Å². The van der Waals surface area contributed by atoms with Crippen LogP contribution < -0.4 is 5.73 Å². The third kappa shape index (κ3) is 4.60. The Hall–Kier alpha value is -0.870. The molecule has 1 unspecified atom stereocenters. The van der Waals surface area contributed by atoms with E-state index in [-0.39, 0.29) is 18.3 Å². The van der Waals surface area contributed by atoms with Gasteiger partial charge in [-0.2, -0.15) is 11.8 Å². The number of anilines is 1. The SMILES string of the molecule is CCSC1CCCCN(C(=O)c2cccc(N)c2)C1.Cl. The second-order valence-corrected chi connectivity index (χ2v) is 6.53. The van der Waals surface area contributed by atoms with E-state index in [1.54, 1.807) is 6.07 Å². The molecule has 1 atom stereocenters. The number of likely N-dealkylation sites (tertiary alicyclic amines) is 1. The molecule has 2 N–H and O–H groups in total. The molecule has 112 valence electrons. The molecular weight excluding hydrogens is 292 g/mol. The van der Waals surface area contributed by atoms with Crippen LogP contribution in [0.1, 0.15) is 36.5 Å². The molecule has 3 nitrogen and oxygen atoms in total. The van der Waals surface area contributed by atoms with Crippen LogP contribution in [0.5, 0.6) is 0 Å². The Labute approximate surface area is 131 Å². The van der Waals surface area contributed by atoms with Crippen molar-refractivity contribution in [2.75, 3.05) is 24.6 Å². The standard InChI is InChI=1S/C15H22N2OS.ClH/c1-2-19-14-8-3-4-9-17(11-14)15(18)12-6-5-7-13(16)10-12;/h5-7,10,14H,2-4,8-9,11,16H2,1H3;1H. The highest BCUT2D eigenvalue weighted by Gasteiger charge is 2.22. The fourth-order valence-corrected chi connectivity index (χ4v) is 3.60. The van der Waals surface area contributed by atoms with Crippen LogP contribution in [0.2, 0.25) is 0 Å². The van der Waals surface area contributed by atoms with Crippen molar-refractivity contribution >= 4 is 35.8 Å². The quantitative estimate of drug-likeness (QED) is 0.869. The second-order valence-electron chi connectivity index (χ2n) is 4.95. The van der Waals surface area contributed by atoms with Gasteiger partial charge in [-0.05, 0) is 36.8 Å². The summed E-state index contributed by atoms with van der Waals surface area (Å²) in [5.74, 6) is 1.24. The van der Waals surface area contributed by atoms with Crippen LogP contribution in [0.3, 0.4) is 0 Å². The van der Waals surface area contributed by atoms with Crippen molar-refractivity contribution < 1.29 is 4.79 Å². The number of halogens is 1. The highest BCUT2D eigenvalue weighted by molar-refractivity contribution is 7.99. The van der Waals surface area contributed by atoms with Crippen LogP contribution in [-0.4, -0.2) is 34.9 Å². The average molecular weight is 315 g/mol. The van der Waals surface area contributed by atoms with Crippen LogP contribution in [0, 0.1) is 0 Å². The molecule has 5 heteroatoms. The fraction of sp³-hybridized carbons (Fsp3) is 0.533. The predicted octanol–water partition coefficient (Wildman–Crippen LogP) is 3.44. The molecule has 0 spiro atoms. The molecule has 0 aliphatic carbocycles. The van der Waals surface area contributed by atoms with Gasteiger partial charge in [0.05, 0.1) is 0 Å². The van der Waals surface area contributed by atoms with E-state index in [9.17, 15) is 4.79 Å². The molecule has 1 fully saturated rings. The Kier molecular flexibility index (Phi) is 7.24. The summed E-state index contributed by atoms with van der Waals surface area (Å²) in [5, 5.41) is 0.581. The highest BCUT2D eigenvalue weighted by atomic mass is 35.5. The summed E-state index contributed by atoms with van der Waals surface area (Å²) in [5.41, 5.74) is 7.12. The molecule has 0 bridgehead atoms. The van der Waals surface area contributed by atoms with Gasteiger partial charge < -0.3 is 10.6 Å². The Bertz CT molecular complexity index is 442. The van der Waals surface area contributed by atoms with E-state index in [4.69, 9.17) is 5.73 Å². The van der Waals surface area contributed by atoms with E-state index in [2.05, 4.69) is 6.92 Å². The lowest BCUT2D eigenvalue weighted by molar-refractivity contribution is 0.0763. The van der Waals surface area contributed by atoms with Crippen molar-refractivity contribution in [2.24, 2.45) is 0 Å². The van der Waals surface area contributed by atoms with Gasteiger partial charge in [0.1, 0.15) is 0 Å². The van der Waals surface area contributed by atoms with Crippen molar-refractivity contribution in [3.63, 3.8) is 0 Å². The number of hydrogen-bond acceptors (Lipinski definition) is 3. The lowest BCUT2D eigenvalue weighted by atomic mass is 10.1. The van der Waals surface area contributed by atoms with Gasteiger partial charge in [-0.15, -0.1) is 12.4 Å². The first-order chi connectivity index (χ1) is 9.20. The minimum absolute atomic E-state index is 0. The summed E-state index contributed by atoms with van der Waals surface area (Å²) < 4.78 is 0. The highest BCUT2D eigenvalue weighted by Crippen LogP contribution is 2.23. The molecule has 2 rings (SSSR count). The molecule has 0 saturated carbocycles. The Balaban J connectivity index is 0.00000200. The van der Waals surface area contributed by atoms with Gasteiger partial charge in [-0.25, -0.2) is 0 Å². The molecule has 1 aromatic carbocycles. The minimum atomic E-state index is 0. The van der Waals surface area contributed by atoms with Crippen molar-refractivity contribution in [3.05, 3.63) is 29.8 Å². The zero-order valence-corrected chi connectivity index (χ0v) is 13.5. The van der Waals surface area contributed by atoms with Crippen LogP contribution >= 0.6 is 24.2 Å². The first-order valence-corrected chi connectivity index (χ1v) is 8.02. The molecule has 1 aliphatic heterocycles. The minimum Gasteiger partial charge on any atom is -0.399 e. The molecule has 1 amide bonds. The van der Waals surface area contributed by atoms with E-state index in [0.717, 1.165) is 25.3 Å². The number of hydrogen-bond donors (Lipinski definition) is 1. The number of thioether (sulfide) groups is 1. The van der Waals surface area contributed by atoms with Gasteiger partial charge in [0, 0.05) is 29.6 Å². The van der Waals surface area contributed by atoms with Gasteiger partial charge in [-0.3, -0.25) is 4.79 Å². The topological polar surface area (TPSA) is 46.3 Å². The number of amides is 1. The van der Waals surface area contributed by atoms with Crippen LogP contribution in [0.4, 0.5) is 5.69 Å². The van der Waals surface area contributed by atoms with Gasteiger partial charge in [-0.1, -0.05) is 19.4 Å². The van der Waals surface area contributed by atoms with Crippen LogP contribution in [0.25, 0.3) is 0 Å². The zero-order chi connectivity index (χ0) is 13.7. The van der Waals surface area contributed by atoms with Gasteiger partial charge in [0.15, 0.2) is 0 Å². The van der Waals surface area contributed by atoms with E-state index >= 15 is 0 Å². The largest absolute Gasteiger partial charge is 0.399 e. The molecule has 0 aromatic heterocycles. The summed E-state index contributed by atoms with van der Waals surface area (Å²) in [6.07, 6.45) is 3.55. The summed E-state index contributed by atoms with van der Waals surface area (Å²) in [7, 11) is 0. The Morgan fingerprint density at radius 2 is 2.25 bits per heavy atom. The molecule has 1 saturated heterocycles. The summed E-state index contributed by atoms with van der Waals surface area (Å²) in [6, 6.07) is 7.29. The maximum absolute atomic E-state index is 12.5. The third-order valence-corrected chi connectivity index (χ3v) is 4.64. The van der Waals surface area contributed by atoms with Gasteiger partial charge in [0.25, 0.3) is 5.91 Å². The second kappa shape index (κ2) is 8.42. The van der Waals surface area contributed by atoms with Gasteiger partial charge >= 0.3 is 0 Å². The molecule has 1 aromatic rings. The number of nitrogen functional groups attached to an aromatic ring is 1. The predicted molar refractivity (Wildman–Crippen MR) is 89.8 cm³/mol. The molecule has 0 radical (unpaired) electrons. The normalized spacial score (nSPS) is 19.1. The number of carbonyl (C=O) groups excluding carboxylic acids is 1. The Morgan fingerprint density at radius 1 is 1.45 bits per heavy atom. The lowest BCUT2D eigenvalue weighted by Crippen LogP contribution is -2.35. The first-order valence-electron chi connectivity index (χ1n) is 6.97. The van der Waals surface area contributed by atoms with Crippen LogP contribution in [-0.2, 0) is 0 Å². The summed E-state index contributed by atoms with van der Waals surface area (Å²) in [6.45, 7) is 3.92. The third-order valence-electron chi connectivity index (χ3n) is 3.45. The maximum Gasteiger partial charge on any atom is 0.253 e. The van der Waals surface area contributed by atoms with Gasteiger partial charge in [0.2, 0.25) is 0 Å². The van der Waals surface area contributed by atoms with Crippen molar-refractivity contribution in [2.45, 2.75) is 31.4 Å². The lowest BCUT2D eigenvalue weighted by Gasteiger charge is -2.24. The molecular formula is C15H23ClN2OS. The van der Waals surface area contributed by atoms with Crippen molar-refractivity contribution in [3.8, 4) is 0 Å². The smallest absolute Gasteiger partial charge is 0.253 e. The van der Waals surface area contributed by atoms with Crippen LogP contribution in [0.15, 0.2) is 24.3 Å². The Morgan fingerprint density at radius 3 is 2.95 bits per heavy atom. The number of carbonyl (C=O) groups is 1.